The number of anilines is 2. The third-order valence-corrected chi connectivity index (χ3v) is 6.51. The molecule has 4 rings (SSSR count). The molecule has 0 unspecified atom stereocenters. The Morgan fingerprint density at radius 3 is 2.49 bits per heavy atom. The molecule has 10 heteroatoms. The standard InChI is InChI=1S/C25H30BrN7O2/c1-16(2)22(23(27)34)31-24-19-8-3-4-9-20(19)29-21(30-24)15-32-10-12-33(13-11-32)25(35)28-18-7-5-6-17(26)14-18/h3-9,14,16,22H,10-13,15H2,1-2H3,(H2,27,34)(H,28,35)(H,29,30,31)/t22-/m0/s1. The van der Waals surface area contributed by atoms with E-state index in [4.69, 9.17) is 15.7 Å². The van der Waals surface area contributed by atoms with Crippen molar-refractivity contribution in [1.29, 1.82) is 0 Å². The number of carbonyl (C=O) groups is 2. The summed E-state index contributed by atoms with van der Waals surface area (Å²) in [5, 5.41) is 7.03. The molecule has 3 amide bonds. The molecule has 1 atom stereocenters. The topological polar surface area (TPSA) is 116 Å². The van der Waals surface area contributed by atoms with Gasteiger partial charge >= 0.3 is 6.03 Å². The van der Waals surface area contributed by atoms with Crippen LogP contribution in [0.4, 0.5) is 16.3 Å². The molecule has 0 spiro atoms. The molecule has 0 saturated carbocycles. The van der Waals surface area contributed by atoms with E-state index in [1.165, 1.54) is 0 Å². The van der Waals surface area contributed by atoms with E-state index >= 15 is 0 Å². The van der Waals surface area contributed by atoms with Gasteiger partial charge in [0.25, 0.3) is 0 Å². The van der Waals surface area contributed by atoms with Crippen molar-refractivity contribution in [2.75, 3.05) is 36.8 Å². The Morgan fingerprint density at radius 1 is 1.06 bits per heavy atom. The molecule has 3 aromatic rings. The van der Waals surface area contributed by atoms with Crippen LogP contribution in [-0.4, -0.2) is 63.9 Å². The summed E-state index contributed by atoms with van der Waals surface area (Å²) in [5.74, 6) is 0.864. The summed E-state index contributed by atoms with van der Waals surface area (Å²) in [7, 11) is 0. The van der Waals surface area contributed by atoms with Crippen LogP contribution in [-0.2, 0) is 11.3 Å². The maximum Gasteiger partial charge on any atom is 0.321 e. The number of fused-ring (bicyclic) bond motifs is 1. The van der Waals surface area contributed by atoms with Crippen LogP contribution in [0.5, 0.6) is 0 Å². The molecule has 0 bridgehead atoms. The maximum atomic E-state index is 12.7. The number of carbonyl (C=O) groups excluding carboxylic acids is 2. The Hall–Kier alpha value is -3.24. The number of benzene rings is 2. The number of aromatic nitrogens is 2. The number of para-hydroxylation sites is 1. The molecule has 1 aliphatic heterocycles. The minimum atomic E-state index is -0.534. The first kappa shape index (κ1) is 24.9. The molecule has 1 aromatic heterocycles. The zero-order valence-corrected chi connectivity index (χ0v) is 21.5. The molecular formula is C25H30BrN7O2. The van der Waals surface area contributed by atoms with Crippen molar-refractivity contribution in [3.05, 3.63) is 58.8 Å². The highest BCUT2D eigenvalue weighted by molar-refractivity contribution is 9.10. The number of nitrogens with one attached hydrogen (secondary N) is 2. The largest absolute Gasteiger partial charge is 0.368 e. The summed E-state index contributed by atoms with van der Waals surface area (Å²) >= 11 is 3.42. The van der Waals surface area contributed by atoms with Gasteiger partial charge in [0, 0.05) is 41.7 Å². The van der Waals surface area contributed by atoms with Crippen LogP contribution in [0, 0.1) is 5.92 Å². The van der Waals surface area contributed by atoms with Crippen molar-refractivity contribution >= 4 is 50.3 Å². The number of nitrogens with two attached hydrogens (primary N) is 1. The smallest absolute Gasteiger partial charge is 0.321 e. The Kier molecular flexibility index (Phi) is 7.82. The molecule has 2 aromatic carbocycles. The predicted octanol–water partition coefficient (Wildman–Crippen LogP) is 3.66. The van der Waals surface area contributed by atoms with Crippen LogP contribution in [0.2, 0.25) is 0 Å². The predicted molar refractivity (Wildman–Crippen MR) is 141 cm³/mol. The van der Waals surface area contributed by atoms with Crippen molar-refractivity contribution < 1.29 is 9.59 Å². The molecule has 1 aliphatic rings. The van der Waals surface area contributed by atoms with Crippen LogP contribution < -0.4 is 16.4 Å². The monoisotopic (exact) mass is 539 g/mol. The minimum Gasteiger partial charge on any atom is -0.368 e. The first-order chi connectivity index (χ1) is 16.8. The van der Waals surface area contributed by atoms with E-state index in [-0.39, 0.29) is 11.9 Å². The van der Waals surface area contributed by atoms with E-state index < -0.39 is 11.9 Å². The molecular weight excluding hydrogens is 510 g/mol. The van der Waals surface area contributed by atoms with Gasteiger partial charge in [0.15, 0.2) is 0 Å². The van der Waals surface area contributed by atoms with Crippen LogP contribution in [0.3, 0.4) is 0 Å². The van der Waals surface area contributed by atoms with Gasteiger partial charge < -0.3 is 21.3 Å². The van der Waals surface area contributed by atoms with Crippen molar-refractivity contribution in [3.8, 4) is 0 Å². The fraction of sp³-hybridized carbons (Fsp3) is 0.360. The molecule has 35 heavy (non-hydrogen) atoms. The average Bonchev–Trinajstić information content (AvgIpc) is 2.82. The number of rotatable bonds is 7. The Morgan fingerprint density at radius 2 is 1.80 bits per heavy atom. The zero-order valence-electron chi connectivity index (χ0n) is 19.9. The molecule has 2 heterocycles. The van der Waals surface area contributed by atoms with E-state index in [0.29, 0.717) is 44.4 Å². The summed E-state index contributed by atoms with van der Waals surface area (Å²) in [4.78, 5) is 38.2. The number of primary amides is 1. The molecule has 0 radical (unpaired) electrons. The van der Waals surface area contributed by atoms with Gasteiger partial charge in [-0.3, -0.25) is 9.69 Å². The van der Waals surface area contributed by atoms with E-state index in [9.17, 15) is 9.59 Å². The van der Waals surface area contributed by atoms with Crippen molar-refractivity contribution in [1.82, 2.24) is 19.8 Å². The lowest BCUT2D eigenvalue weighted by atomic mass is 10.0. The number of amides is 3. The SMILES string of the molecule is CC(C)[C@H](Nc1nc(CN2CCN(C(=O)Nc3cccc(Br)c3)CC2)nc2ccccc12)C(N)=O. The summed E-state index contributed by atoms with van der Waals surface area (Å²) in [6, 6.07) is 14.6. The number of hydrogen-bond donors (Lipinski definition) is 3. The second-order valence-electron chi connectivity index (χ2n) is 8.98. The summed E-state index contributed by atoms with van der Waals surface area (Å²) in [6.45, 7) is 7.06. The van der Waals surface area contributed by atoms with Crippen LogP contribution in [0.15, 0.2) is 53.0 Å². The highest BCUT2D eigenvalue weighted by Crippen LogP contribution is 2.23. The molecule has 4 N–H and O–H groups in total. The second kappa shape index (κ2) is 11.0. The van der Waals surface area contributed by atoms with Gasteiger partial charge in [-0.15, -0.1) is 0 Å². The number of hydrogen-bond acceptors (Lipinski definition) is 6. The van der Waals surface area contributed by atoms with Crippen molar-refractivity contribution in [3.63, 3.8) is 0 Å². The lowest BCUT2D eigenvalue weighted by Gasteiger charge is -2.34. The molecule has 9 nitrogen and oxygen atoms in total. The van der Waals surface area contributed by atoms with E-state index in [0.717, 1.165) is 21.1 Å². The number of urea groups is 1. The van der Waals surface area contributed by atoms with Crippen LogP contribution in [0.25, 0.3) is 10.9 Å². The Balaban J connectivity index is 1.43. The van der Waals surface area contributed by atoms with Crippen molar-refractivity contribution in [2.24, 2.45) is 11.7 Å². The fourth-order valence-electron chi connectivity index (χ4n) is 4.10. The molecule has 1 fully saturated rings. The minimum absolute atomic E-state index is 0.0147. The number of piperazine rings is 1. The van der Waals surface area contributed by atoms with Gasteiger partial charge in [0.05, 0.1) is 12.1 Å². The third kappa shape index (κ3) is 6.26. The second-order valence-corrected chi connectivity index (χ2v) is 9.89. The van der Waals surface area contributed by atoms with Gasteiger partial charge in [0.1, 0.15) is 17.7 Å². The lowest BCUT2D eigenvalue weighted by molar-refractivity contribution is -0.119. The van der Waals surface area contributed by atoms with Gasteiger partial charge in [0.2, 0.25) is 5.91 Å². The van der Waals surface area contributed by atoms with Gasteiger partial charge in [-0.1, -0.05) is 48.0 Å². The summed E-state index contributed by atoms with van der Waals surface area (Å²) < 4.78 is 0.917. The van der Waals surface area contributed by atoms with Crippen LogP contribution in [0.1, 0.15) is 19.7 Å². The highest BCUT2D eigenvalue weighted by atomic mass is 79.9. The molecule has 184 valence electrons. The normalized spacial score (nSPS) is 15.3. The first-order valence-electron chi connectivity index (χ1n) is 11.7. The number of halogens is 1. The molecule has 0 aliphatic carbocycles. The Labute approximate surface area is 213 Å². The summed E-state index contributed by atoms with van der Waals surface area (Å²) in [5.41, 5.74) is 7.18. The Bertz CT molecular complexity index is 1210. The summed E-state index contributed by atoms with van der Waals surface area (Å²) in [6.07, 6.45) is 0. The maximum absolute atomic E-state index is 12.7. The van der Waals surface area contributed by atoms with Gasteiger partial charge in [-0.05, 0) is 36.2 Å². The fourth-order valence-corrected chi connectivity index (χ4v) is 4.50. The van der Waals surface area contributed by atoms with E-state index in [1.807, 2.05) is 67.3 Å². The third-order valence-electron chi connectivity index (χ3n) is 6.02. The quantitative estimate of drug-likeness (QED) is 0.421. The van der Waals surface area contributed by atoms with Crippen LogP contribution >= 0.6 is 15.9 Å². The van der Waals surface area contributed by atoms with E-state index in [2.05, 4.69) is 31.5 Å². The first-order valence-corrected chi connectivity index (χ1v) is 12.4. The number of nitrogens with zero attached hydrogens (tertiary/aromatic N) is 4. The average molecular weight is 540 g/mol. The van der Waals surface area contributed by atoms with Crippen molar-refractivity contribution in [2.45, 2.75) is 26.4 Å². The van der Waals surface area contributed by atoms with E-state index in [1.54, 1.807) is 0 Å². The van der Waals surface area contributed by atoms with Gasteiger partial charge in [-0.25, -0.2) is 14.8 Å². The highest BCUT2D eigenvalue weighted by Gasteiger charge is 2.24. The lowest BCUT2D eigenvalue weighted by Crippen LogP contribution is -2.49. The molecule has 1 saturated heterocycles. The zero-order chi connectivity index (χ0) is 24.9. The van der Waals surface area contributed by atoms with Gasteiger partial charge in [-0.2, -0.15) is 0 Å².